The monoisotopic (exact) mass is 237 g/mol. The molecule has 0 aromatic heterocycles. The minimum Gasteiger partial charge on any atom is -0.478 e. The highest BCUT2D eigenvalue weighted by molar-refractivity contribution is 5.87. The molecule has 1 aromatic rings. The Morgan fingerprint density at radius 2 is 2.12 bits per heavy atom. The minimum atomic E-state index is -1.19. The van der Waals surface area contributed by atoms with E-state index in [1.807, 2.05) is 0 Å². The van der Waals surface area contributed by atoms with Crippen LogP contribution in [0.1, 0.15) is 28.8 Å². The van der Waals surface area contributed by atoms with Gasteiger partial charge in [-0.2, -0.15) is 0 Å². The number of carboxylic acids is 1. The first-order valence-electron chi connectivity index (χ1n) is 5.81. The molecule has 0 radical (unpaired) electrons. The van der Waals surface area contributed by atoms with E-state index in [2.05, 4.69) is 5.32 Å². The van der Waals surface area contributed by atoms with Gasteiger partial charge in [0.15, 0.2) is 0 Å². The summed E-state index contributed by atoms with van der Waals surface area (Å²) in [7, 11) is 0. The number of carboxylic acid groups (broad SMARTS) is 1. The molecule has 0 aliphatic carbocycles. The Morgan fingerprint density at radius 3 is 2.65 bits per heavy atom. The highest BCUT2D eigenvalue weighted by Gasteiger charge is 2.31. The maximum absolute atomic E-state index is 14.3. The lowest BCUT2D eigenvalue weighted by molar-refractivity contribution is 0.0697. The molecule has 1 saturated heterocycles. The molecule has 0 amide bonds. The van der Waals surface area contributed by atoms with E-state index in [9.17, 15) is 9.18 Å². The van der Waals surface area contributed by atoms with Crippen molar-refractivity contribution >= 4 is 5.97 Å². The molecule has 2 rings (SSSR count). The fraction of sp³-hybridized carbons (Fsp3) is 0.462. The van der Waals surface area contributed by atoms with Gasteiger partial charge in [0.05, 0.1) is 5.56 Å². The summed E-state index contributed by atoms with van der Waals surface area (Å²) in [6, 6.07) is 6.44. The lowest BCUT2D eigenvalue weighted by Crippen LogP contribution is -2.43. The van der Waals surface area contributed by atoms with E-state index in [1.54, 1.807) is 12.1 Å². The maximum atomic E-state index is 14.3. The second kappa shape index (κ2) is 4.84. The molecule has 1 aliphatic rings. The predicted molar refractivity (Wildman–Crippen MR) is 63.0 cm³/mol. The summed E-state index contributed by atoms with van der Waals surface area (Å²) in [6.45, 7) is 1.26. The SMILES string of the molecule is O=C(O)c1ccc(CC2(F)CCCNC2)cc1. The number of nitrogens with one attached hydrogen (secondary N) is 1. The number of carbonyl (C=O) groups is 1. The molecular weight excluding hydrogens is 221 g/mol. The van der Waals surface area contributed by atoms with Crippen molar-refractivity contribution in [2.75, 3.05) is 13.1 Å². The van der Waals surface area contributed by atoms with Crippen LogP contribution in [0, 0.1) is 0 Å². The second-order valence-electron chi connectivity index (χ2n) is 4.61. The van der Waals surface area contributed by atoms with Crippen molar-refractivity contribution in [1.82, 2.24) is 5.32 Å². The van der Waals surface area contributed by atoms with Crippen LogP contribution in [0.25, 0.3) is 0 Å². The van der Waals surface area contributed by atoms with E-state index in [4.69, 9.17) is 5.11 Å². The lowest BCUT2D eigenvalue weighted by atomic mass is 9.89. The van der Waals surface area contributed by atoms with Gasteiger partial charge < -0.3 is 10.4 Å². The van der Waals surface area contributed by atoms with Crippen molar-refractivity contribution in [3.05, 3.63) is 35.4 Å². The van der Waals surface area contributed by atoms with E-state index in [1.165, 1.54) is 12.1 Å². The number of halogens is 1. The summed E-state index contributed by atoms with van der Waals surface area (Å²) >= 11 is 0. The first kappa shape index (κ1) is 12.0. The van der Waals surface area contributed by atoms with E-state index in [0.29, 0.717) is 19.4 Å². The van der Waals surface area contributed by atoms with Crippen molar-refractivity contribution < 1.29 is 14.3 Å². The Morgan fingerprint density at radius 1 is 1.41 bits per heavy atom. The van der Waals surface area contributed by atoms with Gasteiger partial charge in [-0.1, -0.05) is 12.1 Å². The van der Waals surface area contributed by atoms with Gasteiger partial charge in [-0.3, -0.25) is 0 Å². The van der Waals surface area contributed by atoms with E-state index < -0.39 is 11.6 Å². The van der Waals surface area contributed by atoms with Crippen molar-refractivity contribution in [3.8, 4) is 0 Å². The van der Waals surface area contributed by atoms with Gasteiger partial charge in [0, 0.05) is 13.0 Å². The molecule has 1 atom stereocenters. The fourth-order valence-electron chi connectivity index (χ4n) is 2.21. The van der Waals surface area contributed by atoms with Crippen LogP contribution in [0.2, 0.25) is 0 Å². The van der Waals surface area contributed by atoms with Crippen LogP contribution in [0.15, 0.2) is 24.3 Å². The highest BCUT2D eigenvalue weighted by atomic mass is 19.1. The van der Waals surface area contributed by atoms with E-state index >= 15 is 0 Å². The normalized spacial score (nSPS) is 24.5. The molecule has 1 fully saturated rings. The van der Waals surface area contributed by atoms with Gasteiger partial charge in [0.25, 0.3) is 0 Å². The summed E-state index contributed by atoms with van der Waals surface area (Å²) in [4.78, 5) is 10.7. The molecule has 17 heavy (non-hydrogen) atoms. The molecule has 0 bridgehead atoms. The Labute approximate surface area is 99.7 Å². The third kappa shape index (κ3) is 3.03. The maximum Gasteiger partial charge on any atom is 0.335 e. The molecule has 3 nitrogen and oxygen atoms in total. The number of aromatic carboxylic acids is 1. The van der Waals surface area contributed by atoms with Crippen LogP contribution in [-0.2, 0) is 6.42 Å². The van der Waals surface area contributed by atoms with E-state index in [0.717, 1.165) is 18.5 Å². The Balaban J connectivity index is 2.05. The minimum absolute atomic E-state index is 0.239. The molecular formula is C13H16FNO2. The first-order valence-corrected chi connectivity index (χ1v) is 5.81. The summed E-state index contributed by atoms with van der Waals surface area (Å²) in [5.74, 6) is -0.953. The van der Waals surface area contributed by atoms with Crippen molar-refractivity contribution in [1.29, 1.82) is 0 Å². The second-order valence-corrected chi connectivity index (χ2v) is 4.61. The zero-order valence-electron chi connectivity index (χ0n) is 9.58. The van der Waals surface area contributed by atoms with Gasteiger partial charge in [0.1, 0.15) is 5.67 Å². The number of rotatable bonds is 3. The molecule has 4 heteroatoms. The Kier molecular flexibility index (Phi) is 3.43. The molecule has 1 aliphatic heterocycles. The van der Waals surface area contributed by atoms with Gasteiger partial charge in [0.2, 0.25) is 0 Å². The predicted octanol–water partition coefficient (Wildman–Crippen LogP) is 2.02. The van der Waals surface area contributed by atoms with Crippen LogP contribution in [0.5, 0.6) is 0 Å². The largest absolute Gasteiger partial charge is 0.478 e. The quantitative estimate of drug-likeness (QED) is 0.845. The van der Waals surface area contributed by atoms with Crippen LogP contribution in [-0.4, -0.2) is 29.8 Å². The molecule has 1 heterocycles. The van der Waals surface area contributed by atoms with Gasteiger partial charge in [-0.25, -0.2) is 9.18 Å². The van der Waals surface area contributed by atoms with Crippen molar-refractivity contribution in [3.63, 3.8) is 0 Å². The van der Waals surface area contributed by atoms with E-state index in [-0.39, 0.29) is 5.56 Å². The van der Waals surface area contributed by atoms with Gasteiger partial charge >= 0.3 is 5.97 Å². The van der Waals surface area contributed by atoms with Crippen LogP contribution in [0.3, 0.4) is 0 Å². The third-order valence-corrected chi connectivity index (χ3v) is 3.14. The molecule has 1 aromatic carbocycles. The summed E-state index contributed by atoms with van der Waals surface area (Å²) in [5.41, 5.74) is -0.104. The topological polar surface area (TPSA) is 49.3 Å². The Hall–Kier alpha value is -1.42. The smallest absolute Gasteiger partial charge is 0.335 e. The standard InChI is InChI=1S/C13H16FNO2/c14-13(6-1-7-15-9-13)8-10-2-4-11(5-3-10)12(16)17/h2-5,15H,1,6-9H2,(H,16,17). The van der Waals surface area contributed by atoms with Crippen LogP contribution < -0.4 is 5.32 Å². The number of alkyl halides is 1. The summed E-state index contributed by atoms with van der Waals surface area (Å²) in [6.07, 6.45) is 1.77. The number of hydrogen-bond acceptors (Lipinski definition) is 2. The summed E-state index contributed by atoms with van der Waals surface area (Å²) < 4.78 is 14.3. The molecule has 1 unspecified atom stereocenters. The lowest BCUT2D eigenvalue weighted by Gasteiger charge is -2.30. The third-order valence-electron chi connectivity index (χ3n) is 3.14. The summed E-state index contributed by atoms with van der Waals surface area (Å²) in [5, 5.41) is 11.8. The fourth-order valence-corrected chi connectivity index (χ4v) is 2.21. The Bertz CT molecular complexity index is 396. The number of hydrogen-bond donors (Lipinski definition) is 2. The van der Waals surface area contributed by atoms with Crippen LogP contribution in [0.4, 0.5) is 4.39 Å². The first-order chi connectivity index (χ1) is 8.09. The average molecular weight is 237 g/mol. The number of benzene rings is 1. The highest BCUT2D eigenvalue weighted by Crippen LogP contribution is 2.25. The molecule has 92 valence electrons. The zero-order valence-corrected chi connectivity index (χ0v) is 9.58. The molecule has 0 spiro atoms. The van der Waals surface area contributed by atoms with Crippen molar-refractivity contribution in [2.24, 2.45) is 0 Å². The van der Waals surface area contributed by atoms with Crippen molar-refractivity contribution in [2.45, 2.75) is 24.9 Å². The van der Waals surface area contributed by atoms with Gasteiger partial charge in [-0.05, 0) is 37.1 Å². The van der Waals surface area contributed by atoms with Crippen LogP contribution >= 0.6 is 0 Å². The molecule has 0 saturated carbocycles. The number of piperidine rings is 1. The zero-order chi connectivity index (χ0) is 12.3. The van der Waals surface area contributed by atoms with Gasteiger partial charge in [-0.15, -0.1) is 0 Å². The molecule has 2 N–H and O–H groups in total. The average Bonchev–Trinajstić information content (AvgIpc) is 2.30.